The molecule has 0 unspecified atom stereocenters. The molecule has 0 atom stereocenters. The molecule has 0 aliphatic rings. The van der Waals surface area contributed by atoms with Crippen molar-refractivity contribution in [3.63, 3.8) is 0 Å². The molecule has 0 radical (unpaired) electrons. The highest BCUT2D eigenvalue weighted by Gasteiger charge is 2.27. The molecule has 0 saturated carbocycles. The topological polar surface area (TPSA) is 18.5 Å². The third-order valence-electron chi connectivity index (χ3n) is 2.31. The van der Waals surface area contributed by atoms with Gasteiger partial charge in [0.2, 0.25) is 0 Å². The van der Waals surface area contributed by atoms with Crippen LogP contribution in [0.4, 0.5) is 13.2 Å². The lowest BCUT2D eigenvalue weighted by Gasteiger charge is -2.11. The predicted octanol–water partition coefficient (Wildman–Crippen LogP) is 3.76. The summed E-state index contributed by atoms with van der Waals surface area (Å²) in [4.78, 5) is 0. The van der Waals surface area contributed by atoms with Crippen LogP contribution in [0.25, 0.3) is 10.8 Å². The van der Waals surface area contributed by atoms with Gasteiger partial charge in [-0.3, -0.25) is 0 Å². The molecule has 0 N–H and O–H groups in total. The lowest BCUT2D eigenvalue weighted by atomic mass is 10.1. The fourth-order valence-corrected chi connectivity index (χ4v) is 1.58. The van der Waals surface area contributed by atoms with Gasteiger partial charge >= 0.3 is 6.18 Å². The fourth-order valence-electron chi connectivity index (χ4n) is 1.58. The van der Waals surface area contributed by atoms with E-state index in [0.29, 0.717) is 5.75 Å². The van der Waals surface area contributed by atoms with Gasteiger partial charge in [-0.2, -0.15) is 13.2 Å². The van der Waals surface area contributed by atoms with Crippen molar-refractivity contribution < 1.29 is 22.6 Å². The monoisotopic (exact) mass is 256 g/mol. The van der Waals surface area contributed by atoms with E-state index in [2.05, 4.69) is 4.74 Å². The zero-order valence-corrected chi connectivity index (χ0v) is 9.41. The highest BCUT2D eigenvalue weighted by atomic mass is 19.4. The van der Waals surface area contributed by atoms with Crippen LogP contribution in [0.15, 0.2) is 42.5 Å². The van der Waals surface area contributed by atoms with E-state index < -0.39 is 19.6 Å². The Kier molecular flexibility index (Phi) is 3.72. The van der Waals surface area contributed by atoms with Gasteiger partial charge in [-0.25, -0.2) is 0 Å². The van der Waals surface area contributed by atoms with Crippen molar-refractivity contribution in [3.05, 3.63) is 42.5 Å². The SMILES string of the molecule is FC(F)(F)COCOc1cccc2ccccc12. The molecule has 5 heteroatoms. The van der Waals surface area contributed by atoms with E-state index in [1.807, 2.05) is 30.3 Å². The van der Waals surface area contributed by atoms with E-state index in [0.717, 1.165) is 10.8 Å². The first kappa shape index (κ1) is 12.7. The van der Waals surface area contributed by atoms with Crippen molar-refractivity contribution >= 4 is 10.8 Å². The van der Waals surface area contributed by atoms with Crippen LogP contribution in [0.1, 0.15) is 0 Å². The maximum atomic E-state index is 11.9. The van der Waals surface area contributed by atoms with E-state index in [1.54, 1.807) is 12.1 Å². The van der Waals surface area contributed by atoms with Crippen LogP contribution in [0.2, 0.25) is 0 Å². The van der Waals surface area contributed by atoms with Gasteiger partial charge in [-0.1, -0.05) is 36.4 Å². The summed E-state index contributed by atoms with van der Waals surface area (Å²) in [6.45, 7) is -1.73. The standard InChI is InChI=1S/C13H11F3O2/c14-13(15,16)8-17-9-18-12-7-3-5-10-4-1-2-6-11(10)12/h1-7H,8-9H2. The quantitative estimate of drug-likeness (QED) is 0.612. The molecule has 96 valence electrons. The summed E-state index contributed by atoms with van der Waals surface area (Å²) in [6.07, 6.45) is -4.33. The Morgan fingerprint density at radius 2 is 1.67 bits per heavy atom. The molecule has 2 rings (SSSR count). The Morgan fingerprint density at radius 3 is 2.44 bits per heavy atom. The largest absolute Gasteiger partial charge is 0.467 e. The summed E-state index contributed by atoms with van der Waals surface area (Å²) in [5.74, 6) is 0.510. The third-order valence-corrected chi connectivity index (χ3v) is 2.31. The fraction of sp³-hybridized carbons (Fsp3) is 0.231. The van der Waals surface area contributed by atoms with Crippen LogP contribution in [0.3, 0.4) is 0 Å². The summed E-state index contributed by atoms with van der Waals surface area (Å²) in [5, 5.41) is 1.81. The molecule has 0 aromatic heterocycles. The second-order valence-corrected chi connectivity index (χ2v) is 3.70. The highest BCUT2D eigenvalue weighted by Crippen LogP contribution is 2.25. The second kappa shape index (κ2) is 5.27. The summed E-state index contributed by atoms with van der Waals surface area (Å²) < 4.78 is 45.2. The van der Waals surface area contributed by atoms with Gasteiger partial charge in [-0.15, -0.1) is 0 Å². The number of halogens is 3. The maximum Gasteiger partial charge on any atom is 0.411 e. The molecule has 2 aromatic carbocycles. The van der Waals surface area contributed by atoms with Crippen LogP contribution in [-0.4, -0.2) is 19.6 Å². The van der Waals surface area contributed by atoms with Crippen LogP contribution in [-0.2, 0) is 4.74 Å². The minimum atomic E-state index is -4.33. The first-order valence-corrected chi connectivity index (χ1v) is 5.31. The molecular weight excluding hydrogens is 245 g/mol. The zero-order chi connectivity index (χ0) is 13.0. The molecule has 0 amide bonds. The molecule has 2 nitrogen and oxygen atoms in total. The van der Waals surface area contributed by atoms with Crippen molar-refractivity contribution in [3.8, 4) is 5.75 Å². The average molecular weight is 256 g/mol. The number of hydrogen-bond acceptors (Lipinski definition) is 2. The number of alkyl halides is 3. The molecule has 0 bridgehead atoms. The van der Waals surface area contributed by atoms with E-state index in [4.69, 9.17) is 4.74 Å². The average Bonchev–Trinajstić information content (AvgIpc) is 2.33. The molecular formula is C13H11F3O2. The van der Waals surface area contributed by atoms with E-state index >= 15 is 0 Å². The van der Waals surface area contributed by atoms with Crippen molar-refractivity contribution in [2.75, 3.05) is 13.4 Å². The third kappa shape index (κ3) is 3.37. The normalized spacial score (nSPS) is 11.7. The predicted molar refractivity (Wildman–Crippen MR) is 61.5 cm³/mol. The van der Waals surface area contributed by atoms with Crippen molar-refractivity contribution in [1.29, 1.82) is 0 Å². The minimum absolute atomic E-state index is 0.423. The van der Waals surface area contributed by atoms with Crippen LogP contribution in [0, 0.1) is 0 Å². The molecule has 2 aromatic rings. The van der Waals surface area contributed by atoms with E-state index in [9.17, 15) is 13.2 Å². The number of ether oxygens (including phenoxy) is 2. The number of benzene rings is 2. The van der Waals surface area contributed by atoms with Gasteiger partial charge in [-0.05, 0) is 11.5 Å². The van der Waals surface area contributed by atoms with Crippen LogP contribution in [0.5, 0.6) is 5.75 Å². The molecule has 0 aliphatic carbocycles. The Morgan fingerprint density at radius 1 is 0.944 bits per heavy atom. The number of rotatable bonds is 4. The Hall–Kier alpha value is -1.75. The van der Waals surface area contributed by atoms with Gasteiger partial charge < -0.3 is 9.47 Å². The summed E-state index contributed by atoms with van der Waals surface area (Å²) in [5.41, 5.74) is 0. The van der Waals surface area contributed by atoms with E-state index in [1.165, 1.54) is 0 Å². The molecule has 18 heavy (non-hydrogen) atoms. The van der Waals surface area contributed by atoms with Gasteiger partial charge in [0.05, 0.1) is 0 Å². The summed E-state index contributed by atoms with van der Waals surface area (Å²) in [6, 6.07) is 12.8. The molecule has 0 spiro atoms. The molecule has 0 saturated heterocycles. The van der Waals surface area contributed by atoms with Crippen LogP contribution >= 0.6 is 0 Å². The number of fused-ring (bicyclic) bond motifs is 1. The Bertz CT molecular complexity index is 518. The van der Waals surface area contributed by atoms with Gasteiger partial charge in [0.25, 0.3) is 0 Å². The maximum absolute atomic E-state index is 11.9. The summed E-state index contributed by atoms with van der Waals surface area (Å²) in [7, 11) is 0. The molecule has 0 fully saturated rings. The molecule has 0 heterocycles. The first-order valence-electron chi connectivity index (χ1n) is 5.31. The smallest absolute Gasteiger partial charge is 0.411 e. The van der Waals surface area contributed by atoms with Crippen molar-refractivity contribution in [1.82, 2.24) is 0 Å². The Labute approximate surface area is 102 Å². The van der Waals surface area contributed by atoms with Gasteiger partial charge in [0.15, 0.2) is 6.79 Å². The lowest BCUT2D eigenvalue weighted by Crippen LogP contribution is -2.19. The second-order valence-electron chi connectivity index (χ2n) is 3.70. The molecule has 0 aliphatic heterocycles. The van der Waals surface area contributed by atoms with Gasteiger partial charge in [0, 0.05) is 5.39 Å². The lowest BCUT2D eigenvalue weighted by molar-refractivity contribution is -0.186. The van der Waals surface area contributed by atoms with Gasteiger partial charge in [0.1, 0.15) is 12.4 Å². The van der Waals surface area contributed by atoms with Crippen LogP contribution < -0.4 is 4.74 Å². The first-order chi connectivity index (χ1) is 8.56. The van der Waals surface area contributed by atoms with Crippen molar-refractivity contribution in [2.45, 2.75) is 6.18 Å². The highest BCUT2D eigenvalue weighted by molar-refractivity contribution is 5.88. The minimum Gasteiger partial charge on any atom is -0.467 e. The van der Waals surface area contributed by atoms with E-state index in [-0.39, 0.29) is 0 Å². The Balaban J connectivity index is 2.00. The zero-order valence-electron chi connectivity index (χ0n) is 9.41. The van der Waals surface area contributed by atoms with Crippen molar-refractivity contribution in [2.24, 2.45) is 0 Å². The summed E-state index contributed by atoms with van der Waals surface area (Å²) >= 11 is 0. The number of hydrogen-bond donors (Lipinski definition) is 0.